The van der Waals surface area contributed by atoms with Crippen molar-refractivity contribution >= 4 is 33.7 Å². The molecule has 0 bridgehead atoms. The highest BCUT2D eigenvalue weighted by Crippen LogP contribution is 2.29. The molecule has 6 heteroatoms. The minimum absolute atomic E-state index is 0.0906. The van der Waals surface area contributed by atoms with E-state index < -0.39 is 22.2 Å². The van der Waals surface area contributed by atoms with E-state index in [2.05, 4.69) is 15.9 Å². The van der Waals surface area contributed by atoms with Gasteiger partial charge < -0.3 is 5.11 Å². The number of amides is 2. The molecule has 2 amide bonds. The Morgan fingerprint density at radius 1 is 1.46 bits per heavy atom. The first-order valence-corrected chi connectivity index (χ1v) is 4.45. The summed E-state index contributed by atoms with van der Waals surface area (Å²) in [6, 6.07) is 0. The smallest absolute Gasteiger partial charge is 0.341 e. The van der Waals surface area contributed by atoms with Crippen LogP contribution in [-0.2, 0) is 14.4 Å². The maximum Gasteiger partial charge on any atom is 0.341 e. The maximum atomic E-state index is 11.1. The zero-order chi connectivity index (χ0) is 10.2. The minimum atomic E-state index is -1.61. The number of rotatable bonds is 2. The third-order valence-electron chi connectivity index (χ3n) is 1.86. The molecular weight excluding hydrogens is 242 g/mol. The summed E-state index contributed by atoms with van der Waals surface area (Å²) in [7, 11) is 0. The van der Waals surface area contributed by atoms with Crippen LogP contribution in [0.5, 0.6) is 0 Å². The van der Waals surface area contributed by atoms with E-state index in [-0.39, 0.29) is 12.8 Å². The van der Waals surface area contributed by atoms with Crippen molar-refractivity contribution in [2.24, 2.45) is 0 Å². The lowest BCUT2D eigenvalue weighted by molar-refractivity contribution is -0.155. The third kappa shape index (κ3) is 1.58. The highest BCUT2D eigenvalue weighted by molar-refractivity contribution is 9.10. The number of aliphatic carboxylic acids is 1. The van der Waals surface area contributed by atoms with Crippen LogP contribution >= 0.6 is 15.9 Å². The van der Waals surface area contributed by atoms with Crippen LogP contribution in [0.2, 0.25) is 0 Å². The van der Waals surface area contributed by atoms with Gasteiger partial charge in [0, 0.05) is 12.8 Å². The van der Waals surface area contributed by atoms with Gasteiger partial charge in [-0.1, -0.05) is 0 Å². The molecule has 13 heavy (non-hydrogen) atoms. The standard InChI is InChI=1S/C7H8BrNO4/c1-7(8,6(12)13)9-4(10)2-3-5(9)11/h2-3H2,1H3,(H,12,13). The van der Waals surface area contributed by atoms with Gasteiger partial charge in [-0.15, -0.1) is 0 Å². The molecule has 0 radical (unpaired) electrons. The van der Waals surface area contributed by atoms with Gasteiger partial charge in [-0.3, -0.25) is 14.5 Å². The predicted molar refractivity (Wildman–Crippen MR) is 46.1 cm³/mol. The topological polar surface area (TPSA) is 74.7 Å². The molecule has 0 aliphatic carbocycles. The predicted octanol–water partition coefficient (Wildman–Crippen LogP) is 0.331. The molecule has 1 fully saturated rings. The van der Waals surface area contributed by atoms with E-state index in [0.29, 0.717) is 0 Å². The van der Waals surface area contributed by atoms with Gasteiger partial charge in [-0.2, -0.15) is 0 Å². The number of hydrogen-bond donors (Lipinski definition) is 1. The Hall–Kier alpha value is -0.910. The molecule has 1 atom stereocenters. The van der Waals surface area contributed by atoms with Crippen molar-refractivity contribution in [3.63, 3.8) is 0 Å². The number of halogens is 1. The van der Waals surface area contributed by atoms with Gasteiger partial charge in [0.25, 0.3) is 0 Å². The Kier molecular flexibility index (Phi) is 2.42. The fraction of sp³-hybridized carbons (Fsp3) is 0.571. The van der Waals surface area contributed by atoms with Gasteiger partial charge in [0.05, 0.1) is 0 Å². The van der Waals surface area contributed by atoms with Gasteiger partial charge in [-0.05, 0) is 22.9 Å². The van der Waals surface area contributed by atoms with Gasteiger partial charge in [0.1, 0.15) is 0 Å². The first-order chi connectivity index (χ1) is 5.87. The Morgan fingerprint density at radius 3 is 2.15 bits per heavy atom. The summed E-state index contributed by atoms with van der Waals surface area (Å²) in [5, 5.41) is 8.74. The maximum absolute atomic E-state index is 11.1. The monoisotopic (exact) mass is 249 g/mol. The lowest BCUT2D eigenvalue weighted by atomic mass is 10.3. The van der Waals surface area contributed by atoms with Crippen molar-refractivity contribution in [1.82, 2.24) is 4.90 Å². The fourth-order valence-electron chi connectivity index (χ4n) is 1.14. The molecule has 1 aliphatic heterocycles. The van der Waals surface area contributed by atoms with E-state index in [4.69, 9.17) is 5.11 Å². The normalized spacial score (nSPS) is 21.8. The number of nitrogens with zero attached hydrogens (tertiary/aromatic N) is 1. The summed E-state index contributed by atoms with van der Waals surface area (Å²) in [5.74, 6) is -2.16. The molecular formula is C7H8BrNO4. The van der Waals surface area contributed by atoms with Crippen LogP contribution in [0, 0.1) is 0 Å². The van der Waals surface area contributed by atoms with Crippen LogP contribution in [0.3, 0.4) is 0 Å². The van der Waals surface area contributed by atoms with Crippen LogP contribution in [0.4, 0.5) is 0 Å². The second-order valence-electron chi connectivity index (χ2n) is 2.88. The van der Waals surface area contributed by atoms with Crippen molar-refractivity contribution in [3.8, 4) is 0 Å². The number of carboxylic acid groups (broad SMARTS) is 1. The number of hydrogen-bond acceptors (Lipinski definition) is 3. The van der Waals surface area contributed by atoms with Gasteiger partial charge in [0.15, 0.2) is 4.45 Å². The second-order valence-corrected chi connectivity index (χ2v) is 4.43. The van der Waals surface area contributed by atoms with Crippen molar-refractivity contribution < 1.29 is 19.5 Å². The van der Waals surface area contributed by atoms with Crippen molar-refractivity contribution in [2.75, 3.05) is 0 Å². The Balaban J connectivity index is 2.99. The molecule has 1 heterocycles. The number of carbonyl (C=O) groups is 3. The van der Waals surface area contributed by atoms with E-state index in [1.807, 2.05) is 0 Å². The second kappa shape index (κ2) is 3.10. The lowest BCUT2D eigenvalue weighted by Gasteiger charge is -2.27. The molecule has 72 valence electrons. The molecule has 1 saturated heterocycles. The van der Waals surface area contributed by atoms with E-state index in [1.54, 1.807) is 0 Å². The van der Waals surface area contributed by atoms with Crippen LogP contribution in [0.15, 0.2) is 0 Å². The molecule has 5 nitrogen and oxygen atoms in total. The molecule has 1 unspecified atom stereocenters. The van der Waals surface area contributed by atoms with E-state index in [9.17, 15) is 14.4 Å². The van der Waals surface area contributed by atoms with Crippen molar-refractivity contribution in [1.29, 1.82) is 0 Å². The lowest BCUT2D eigenvalue weighted by Crippen LogP contribution is -2.50. The van der Waals surface area contributed by atoms with Crippen LogP contribution in [0.25, 0.3) is 0 Å². The summed E-state index contributed by atoms with van der Waals surface area (Å²) in [6.45, 7) is 1.26. The van der Waals surface area contributed by atoms with Crippen molar-refractivity contribution in [2.45, 2.75) is 24.2 Å². The average molecular weight is 250 g/mol. The first-order valence-electron chi connectivity index (χ1n) is 3.65. The highest BCUT2D eigenvalue weighted by Gasteiger charge is 2.46. The molecule has 1 aliphatic rings. The summed E-state index contributed by atoms with van der Waals surface area (Å²) < 4.78 is -1.61. The molecule has 1 N–H and O–H groups in total. The quantitative estimate of drug-likeness (QED) is 0.435. The number of likely N-dealkylation sites (tertiary alicyclic amines) is 1. The summed E-state index contributed by atoms with van der Waals surface area (Å²) in [5.41, 5.74) is 0. The Labute approximate surface area is 82.8 Å². The first kappa shape index (κ1) is 10.2. The average Bonchev–Trinajstić information content (AvgIpc) is 2.30. The van der Waals surface area contributed by atoms with Gasteiger partial charge >= 0.3 is 5.97 Å². The van der Waals surface area contributed by atoms with E-state index in [0.717, 1.165) is 4.90 Å². The number of carboxylic acids is 1. The number of alkyl halides is 1. The highest BCUT2D eigenvalue weighted by atomic mass is 79.9. The summed E-state index contributed by atoms with van der Waals surface area (Å²) >= 11 is 2.84. The van der Waals surface area contributed by atoms with E-state index >= 15 is 0 Å². The van der Waals surface area contributed by atoms with Crippen LogP contribution in [0.1, 0.15) is 19.8 Å². The molecule has 0 aromatic heterocycles. The van der Waals surface area contributed by atoms with Crippen LogP contribution in [-0.4, -0.2) is 32.2 Å². The minimum Gasteiger partial charge on any atom is -0.479 e. The summed E-state index contributed by atoms with van der Waals surface area (Å²) in [4.78, 5) is 33.7. The number of imide groups is 1. The molecule has 0 spiro atoms. The zero-order valence-electron chi connectivity index (χ0n) is 6.91. The largest absolute Gasteiger partial charge is 0.479 e. The van der Waals surface area contributed by atoms with Crippen molar-refractivity contribution in [3.05, 3.63) is 0 Å². The molecule has 1 rings (SSSR count). The van der Waals surface area contributed by atoms with E-state index in [1.165, 1.54) is 6.92 Å². The van der Waals surface area contributed by atoms with Crippen LogP contribution < -0.4 is 0 Å². The number of carbonyl (C=O) groups excluding carboxylic acids is 2. The third-order valence-corrected chi connectivity index (χ3v) is 2.56. The van der Waals surface area contributed by atoms with Gasteiger partial charge in [-0.25, -0.2) is 4.79 Å². The van der Waals surface area contributed by atoms with Gasteiger partial charge in [0.2, 0.25) is 11.8 Å². The molecule has 0 aromatic carbocycles. The molecule has 0 saturated carbocycles. The fourth-order valence-corrected chi connectivity index (χ4v) is 1.54. The Morgan fingerprint density at radius 2 is 1.85 bits per heavy atom. The SMILES string of the molecule is CC(Br)(C(=O)O)N1C(=O)CCC1=O. The molecule has 0 aromatic rings. The summed E-state index contributed by atoms with van der Waals surface area (Å²) in [6.07, 6.45) is 0.181. The Bertz CT molecular complexity index is 270. The zero-order valence-corrected chi connectivity index (χ0v) is 8.50.